The second-order valence-corrected chi connectivity index (χ2v) is 5.57. The summed E-state index contributed by atoms with van der Waals surface area (Å²) < 4.78 is 13.4. The number of hydrogen-bond acceptors (Lipinski definition) is 5. The molecule has 1 aromatic carbocycles. The zero-order chi connectivity index (χ0) is 13.9. The molecule has 0 aliphatic carbocycles. The molecule has 20 heavy (non-hydrogen) atoms. The van der Waals surface area contributed by atoms with E-state index >= 15 is 0 Å². The summed E-state index contributed by atoms with van der Waals surface area (Å²) in [5, 5.41) is 19.7. The topological polar surface area (TPSA) is 61.6 Å². The Hall–Kier alpha value is -2.13. The van der Waals surface area contributed by atoms with E-state index < -0.39 is 0 Å². The van der Waals surface area contributed by atoms with Gasteiger partial charge in [0.1, 0.15) is 17.7 Å². The van der Waals surface area contributed by atoms with E-state index in [4.69, 9.17) is 5.26 Å². The molecule has 1 N–H and O–H groups in total. The Balaban J connectivity index is 1.85. The highest BCUT2D eigenvalue weighted by Gasteiger charge is 2.21. The molecule has 0 radical (unpaired) electrons. The second kappa shape index (κ2) is 5.47. The minimum Gasteiger partial charge on any atom is -0.362 e. The van der Waals surface area contributed by atoms with Crippen molar-refractivity contribution in [2.24, 2.45) is 0 Å². The van der Waals surface area contributed by atoms with Crippen molar-refractivity contribution in [3.8, 4) is 6.07 Å². The predicted octanol–water partition coefficient (Wildman–Crippen LogP) is 3.14. The van der Waals surface area contributed by atoms with Gasteiger partial charge in [0.25, 0.3) is 0 Å². The van der Waals surface area contributed by atoms with E-state index in [9.17, 15) is 4.39 Å². The Morgan fingerprint density at radius 3 is 2.95 bits per heavy atom. The molecule has 2 aromatic rings. The van der Waals surface area contributed by atoms with Gasteiger partial charge in [-0.25, -0.2) is 4.39 Å². The lowest BCUT2D eigenvalue weighted by atomic mass is 10.0. The monoisotopic (exact) mass is 286 g/mol. The van der Waals surface area contributed by atoms with Gasteiger partial charge < -0.3 is 5.32 Å². The van der Waals surface area contributed by atoms with Gasteiger partial charge in [-0.15, -0.1) is 22.0 Å². The molecular formula is C14H11FN4S. The molecule has 0 amide bonds. The minimum atomic E-state index is -0.232. The number of anilines is 1. The smallest absolute Gasteiger partial charge is 0.163 e. The van der Waals surface area contributed by atoms with E-state index in [1.54, 1.807) is 30.0 Å². The second-order valence-electron chi connectivity index (χ2n) is 4.43. The van der Waals surface area contributed by atoms with Gasteiger partial charge in [-0.3, -0.25) is 0 Å². The summed E-state index contributed by atoms with van der Waals surface area (Å²) in [5.41, 5.74) is 1.23. The molecule has 1 aromatic heterocycles. The molecule has 0 saturated heterocycles. The summed E-state index contributed by atoms with van der Waals surface area (Å²) in [6.07, 6.45) is 0.892. The normalized spacial score (nSPS) is 17.1. The Morgan fingerprint density at radius 2 is 2.20 bits per heavy atom. The van der Waals surface area contributed by atoms with Crippen LogP contribution in [0.15, 0.2) is 35.2 Å². The van der Waals surface area contributed by atoms with Crippen LogP contribution in [0.2, 0.25) is 0 Å². The third kappa shape index (κ3) is 2.58. The Bertz CT molecular complexity index is 666. The summed E-state index contributed by atoms with van der Waals surface area (Å²) >= 11 is 1.73. The van der Waals surface area contributed by atoms with Gasteiger partial charge in [-0.2, -0.15) is 5.26 Å². The number of nitrogens with one attached hydrogen (secondary N) is 1. The number of nitriles is 1. The molecular weight excluding hydrogens is 275 g/mol. The Morgan fingerprint density at radius 1 is 1.30 bits per heavy atom. The minimum absolute atomic E-state index is 0.0178. The molecule has 6 heteroatoms. The molecule has 2 heterocycles. The van der Waals surface area contributed by atoms with Gasteiger partial charge in [0.15, 0.2) is 5.69 Å². The fraction of sp³-hybridized carbons (Fsp3) is 0.214. The fourth-order valence-corrected chi connectivity index (χ4v) is 3.27. The van der Waals surface area contributed by atoms with Crippen LogP contribution in [-0.4, -0.2) is 16.0 Å². The summed E-state index contributed by atoms with van der Waals surface area (Å²) in [4.78, 5) is 1.09. The first kappa shape index (κ1) is 12.9. The zero-order valence-electron chi connectivity index (χ0n) is 10.5. The van der Waals surface area contributed by atoms with E-state index in [0.29, 0.717) is 5.82 Å². The van der Waals surface area contributed by atoms with E-state index in [-0.39, 0.29) is 17.6 Å². The van der Waals surface area contributed by atoms with Crippen molar-refractivity contribution in [3.05, 3.63) is 47.4 Å². The van der Waals surface area contributed by atoms with E-state index in [2.05, 4.69) is 15.5 Å². The maximum Gasteiger partial charge on any atom is 0.163 e. The lowest BCUT2D eigenvalue weighted by Crippen LogP contribution is -2.17. The van der Waals surface area contributed by atoms with Gasteiger partial charge in [-0.1, -0.05) is 0 Å². The Kier molecular flexibility index (Phi) is 3.52. The van der Waals surface area contributed by atoms with Crippen molar-refractivity contribution in [1.82, 2.24) is 10.2 Å². The van der Waals surface area contributed by atoms with Gasteiger partial charge in [0, 0.05) is 10.6 Å². The van der Waals surface area contributed by atoms with Crippen molar-refractivity contribution in [2.45, 2.75) is 17.4 Å². The van der Waals surface area contributed by atoms with Crippen molar-refractivity contribution in [1.29, 1.82) is 5.26 Å². The Labute approximate surface area is 120 Å². The number of benzene rings is 1. The van der Waals surface area contributed by atoms with Crippen LogP contribution in [0.3, 0.4) is 0 Å². The van der Waals surface area contributed by atoms with Crippen LogP contribution in [-0.2, 0) is 0 Å². The molecule has 100 valence electrons. The standard InChI is InChI=1S/C14H11FN4S/c15-9-1-3-13-11(7-9)12(5-6-20-13)17-14-4-2-10(8-16)18-19-14/h1-4,7,12H,5-6H2,(H,17,19). The lowest BCUT2D eigenvalue weighted by Gasteiger charge is -2.26. The molecule has 0 spiro atoms. The van der Waals surface area contributed by atoms with Crippen LogP contribution in [0.4, 0.5) is 10.2 Å². The third-order valence-electron chi connectivity index (χ3n) is 3.11. The fourth-order valence-electron chi connectivity index (χ4n) is 2.16. The van der Waals surface area contributed by atoms with Gasteiger partial charge in [0.05, 0.1) is 6.04 Å². The average Bonchev–Trinajstić information content (AvgIpc) is 2.49. The first-order valence-electron chi connectivity index (χ1n) is 6.19. The van der Waals surface area contributed by atoms with Crippen molar-refractivity contribution >= 4 is 17.6 Å². The van der Waals surface area contributed by atoms with Crippen LogP contribution < -0.4 is 5.32 Å². The van der Waals surface area contributed by atoms with Gasteiger partial charge in [-0.05, 0) is 42.3 Å². The molecule has 3 rings (SSSR count). The highest BCUT2D eigenvalue weighted by atomic mass is 32.2. The number of halogens is 1. The summed E-state index contributed by atoms with van der Waals surface area (Å²) in [7, 11) is 0. The molecule has 4 nitrogen and oxygen atoms in total. The number of thioether (sulfide) groups is 1. The molecule has 1 aliphatic rings. The van der Waals surface area contributed by atoms with E-state index in [0.717, 1.165) is 22.6 Å². The predicted molar refractivity (Wildman–Crippen MR) is 74.9 cm³/mol. The zero-order valence-corrected chi connectivity index (χ0v) is 11.3. The molecule has 1 aliphatic heterocycles. The lowest BCUT2D eigenvalue weighted by molar-refractivity contribution is 0.615. The van der Waals surface area contributed by atoms with E-state index in [1.807, 2.05) is 12.1 Å². The van der Waals surface area contributed by atoms with Crippen LogP contribution in [0.25, 0.3) is 0 Å². The quantitative estimate of drug-likeness (QED) is 0.919. The van der Waals surface area contributed by atoms with Gasteiger partial charge in [0.2, 0.25) is 0 Å². The first-order chi connectivity index (χ1) is 9.76. The van der Waals surface area contributed by atoms with Crippen LogP contribution in [0.5, 0.6) is 0 Å². The molecule has 0 saturated carbocycles. The summed E-state index contributed by atoms with van der Waals surface area (Å²) in [6, 6.07) is 10.1. The largest absolute Gasteiger partial charge is 0.362 e. The number of rotatable bonds is 2. The van der Waals surface area contributed by atoms with Crippen molar-refractivity contribution in [2.75, 3.05) is 11.1 Å². The summed E-state index contributed by atoms with van der Waals surface area (Å²) in [6.45, 7) is 0. The van der Waals surface area contributed by atoms with Crippen LogP contribution in [0.1, 0.15) is 23.7 Å². The summed E-state index contributed by atoms with van der Waals surface area (Å²) in [5.74, 6) is 1.33. The number of hydrogen-bond donors (Lipinski definition) is 1. The third-order valence-corrected chi connectivity index (χ3v) is 4.24. The highest BCUT2D eigenvalue weighted by molar-refractivity contribution is 7.99. The molecule has 0 bridgehead atoms. The van der Waals surface area contributed by atoms with E-state index in [1.165, 1.54) is 6.07 Å². The number of fused-ring (bicyclic) bond motifs is 1. The van der Waals surface area contributed by atoms with Crippen LogP contribution in [0, 0.1) is 17.1 Å². The van der Waals surface area contributed by atoms with Crippen molar-refractivity contribution < 1.29 is 4.39 Å². The van der Waals surface area contributed by atoms with Gasteiger partial charge >= 0.3 is 0 Å². The average molecular weight is 286 g/mol. The maximum absolute atomic E-state index is 13.4. The maximum atomic E-state index is 13.4. The van der Waals surface area contributed by atoms with Crippen molar-refractivity contribution in [3.63, 3.8) is 0 Å². The van der Waals surface area contributed by atoms with Crippen LogP contribution >= 0.6 is 11.8 Å². The highest BCUT2D eigenvalue weighted by Crippen LogP contribution is 2.37. The number of aromatic nitrogens is 2. The molecule has 1 unspecified atom stereocenters. The molecule has 1 atom stereocenters. The SMILES string of the molecule is N#Cc1ccc(NC2CCSc3ccc(F)cc32)nn1. The first-order valence-corrected chi connectivity index (χ1v) is 7.17. The number of nitrogens with zero attached hydrogens (tertiary/aromatic N) is 3. The molecule has 0 fully saturated rings.